The molecule has 0 spiro atoms. The highest BCUT2D eigenvalue weighted by Gasteiger charge is 2.20. The molecule has 0 atom stereocenters. The van der Waals surface area contributed by atoms with E-state index in [-0.39, 0.29) is 0 Å². The first-order chi connectivity index (χ1) is 23.8. The monoisotopic (exact) mass is 613 g/mol. The lowest BCUT2D eigenvalue weighted by Gasteiger charge is -2.28. The van der Waals surface area contributed by atoms with Gasteiger partial charge in [0.2, 0.25) is 0 Å². The molecule has 0 N–H and O–H groups in total. The molecular weight excluding hydrogens is 583 g/mol. The maximum Gasteiger partial charge on any atom is 0.137 e. The minimum Gasteiger partial charge on any atom is -0.456 e. The Labute approximate surface area is 279 Å². The summed E-state index contributed by atoms with van der Waals surface area (Å²) in [7, 11) is 0. The summed E-state index contributed by atoms with van der Waals surface area (Å²) in [6.45, 7) is 0. The molecule has 9 aromatic rings. The number of para-hydroxylation sites is 2. The molecule has 2 heteroatoms. The Bertz CT molecular complexity index is 2510. The van der Waals surface area contributed by atoms with E-state index in [2.05, 4.69) is 181 Å². The predicted molar refractivity (Wildman–Crippen MR) is 202 cm³/mol. The van der Waals surface area contributed by atoms with Gasteiger partial charge in [-0.2, -0.15) is 0 Å². The first kappa shape index (κ1) is 27.9. The normalized spacial score (nSPS) is 11.3. The van der Waals surface area contributed by atoms with E-state index in [1.807, 2.05) is 12.1 Å². The average Bonchev–Trinajstić information content (AvgIpc) is 3.60. The molecule has 8 aromatic carbocycles. The van der Waals surface area contributed by atoms with E-state index in [9.17, 15) is 0 Å². The van der Waals surface area contributed by atoms with Crippen LogP contribution in [-0.2, 0) is 0 Å². The van der Waals surface area contributed by atoms with Crippen LogP contribution in [0.25, 0.3) is 66.1 Å². The fraction of sp³-hybridized carbons (Fsp3) is 0. The Morgan fingerprint density at radius 1 is 0.354 bits per heavy atom. The fourth-order valence-corrected chi connectivity index (χ4v) is 6.85. The van der Waals surface area contributed by atoms with E-state index >= 15 is 0 Å². The zero-order valence-corrected chi connectivity index (χ0v) is 26.3. The summed E-state index contributed by atoms with van der Waals surface area (Å²) in [5.74, 6) is 0.846. The van der Waals surface area contributed by atoms with Gasteiger partial charge in [0.05, 0.1) is 5.69 Å². The van der Waals surface area contributed by atoms with Crippen LogP contribution in [0, 0.1) is 0 Å². The van der Waals surface area contributed by atoms with Gasteiger partial charge < -0.3 is 9.32 Å². The van der Waals surface area contributed by atoms with E-state index in [0.29, 0.717) is 0 Å². The second-order valence-corrected chi connectivity index (χ2v) is 12.2. The summed E-state index contributed by atoms with van der Waals surface area (Å²) >= 11 is 0. The largest absolute Gasteiger partial charge is 0.456 e. The van der Waals surface area contributed by atoms with Crippen molar-refractivity contribution in [1.29, 1.82) is 0 Å². The van der Waals surface area contributed by atoms with Gasteiger partial charge in [-0.1, -0.05) is 140 Å². The van der Waals surface area contributed by atoms with Crippen LogP contribution in [-0.4, -0.2) is 0 Å². The summed E-state index contributed by atoms with van der Waals surface area (Å²) in [5.41, 5.74) is 9.93. The highest BCUT2D eigenvalue weighted by molar-refractivity contribution is 6.08. The molecule has 0 bridgehead atoms. The Hall–Kier alpha value is -6.38. The Kier molecular flexibility index (Phi) is 6.84. The molecule has 0 saturated heterocycles. The van der Waals surface area contributed by atoms with Crippen LogP contribution >= 0.6 is 0 Å². The summed E-state index contributed by atoms with van der Waals surface area (Å²) in [5, 5.41) is 6.05. The zero-order chi connectivity index (χ0) is 31.9. The van der Waals surface area contributed by atoms with Crippen LogP contribution in [0.4, 0.5) is 17.1 Å². The number of hydrogen-bond donors (Lipinski definition) is 0. The smallest absolute Gasteiger partial charge is 0.137 e. The van der Waals surface area contributed by atoms with Gasteiger partial charge in [-0.15, -0.1) is 0 Å². The van der Waals surface area contributed by atoms with Crippen molar-refractivity contribution < 1.29 is 4.42 Å². The third-order valence-corrected chi connectivity index (χ3v) is 9.27. The van der Waals surface area contributed by atoms with Crippen LogP contribution in [0.1, 0.15) is 0 Å². The van der Waals surface area contributed by atoms with Crippen molar-refractivity contribution >= 4 is 49.6 Å². The SMILES string of the molecule is c1ccc(-c2ccc(-c3ccc(N(c4ccc5c(ccc6ccccc65)c4)c4ccccc4-c4cc5ccccc5o4)cc3)cc2)cc1. The zero-order valence-electron chi connectivity index (χ0n) is 26.3. The van der Waals surface area contributed by atoms with Gasteiger partial charge in [-0.05, 0) is 92.3 Å². The van der Waals surface area contributed by atoms with Crippen LogP contribution in [0.15, 0.2) is 192 Å². The summed E-state index contributed by atoms with van der Waals surface area (Å²) in [6.07, 6.45) is 0. The van der Waals surface area contributed by atoms with Crippen molar-refractivity contribution in [2.24, 2.45) is 0 Å². The summed E-state index contributed by atoms with van der Waals surface area (Å²) in [6, 6.07) is 66.9. The second-order valence-electron chi connectivity index (χ2n) is 12.2. The quantitative estimate of drug-likeness (QED) is 0.174. The van der Waals surface area contributed by atoms with Gasteiger partial charge in [0.15, 0.2) is 0 Å². The van der Waals surface area contributed by atoms with Gasteiger partial charge >= 0.3 is 0 Å². The predicted octanol–water partition coefficient (Wildman–Crippen LogP) is 13.2. The molecule has 1 aromatic heterocycles. The molecule has 48 heavy (non-hydrogen) atoms. The van der Waals surface area contributed by atoms with Crippen molar-refractivity contribution in [2.75, 3.05) is 4.90 Å². The van der Waals surface area contributed by atoms with Crippen molar-refractivity contribution in [1.82, 2.24) is 0 Å². The molecule has 9 rings (SSSR count). The van der Waals surface area contributed by atoms with Crippen molar-refractivity contribution in [2.45, 2.75) is 0 Å². The molecule has 0 radical (unpaired) electrons. The lowest BCUT2D eigenvalue weighted by molar-refractivity contribution is 0.631. The standard InChI is InChI=1S/C46H31NO/c1-2-10-32(11-3-1)33-18-20-34(21-19-33)35-24-26-39(27-25-35)47(40-28-29-42-37(30-40)23-22-36-12-4-6-14-41(36)42)44-16-8-7-15-43(44)46-31-38-13-5-9-17-45(38)48-46/h1-31H. The molecule has 0 saturated carbocycles. The minimum atomic E-state index is 0.846. The Morgan fingerprint density at radius 3 is 1.69 bits per heavy atom. The molecule has 0 fully saturated rings. The molecule has 0 aliphatic carbocycles. The van der Waals surface area contributed by atoms with Crippen LogP contribution in [0.2, 0.25) is 0 Å². The van der Waals surface area contributed by atoms with Crippen LogP contribution < -0.4 is 4.90 Å². The van der Waals surface area contributed by atoms with Crippen molar-refractivity contribution in [3.05, 3.63) is 188 Å². The van der Waals surface area contributed by atoms with Gasteiger partial charge in [-0.3, -0.25) is 0 Å². The average molecular weight is 614 g/mol. The minimum absolute atomic E-state index is 0.846. The Morgan fingerprint density at radius 2 is 0.917 bits per heavy atom. The fourth-order valence-electron chi connectivity index (χ4n) is 6.85. The molecule has 0 amide bonds. The van der Waals surface area contributed by atoms with E-state index < -0.39 is 0 Å². The van der Waals surface area contributed by atoms with Crippen molar-refractivity contribution in [3.8, 4) is 33.6 Å². The van der Waals surface area contributed by atoms with Crippen molar-refractivity contribution in [3.63, 3.8) is 0 Å². The van der Waals surface area contributed by atoms with Gasteiger partial charge in [-0.25, -0.2) is 0 Å². The van der Waals surface area contributed by atoms with E-state index in [4.69, 9.17) is 4.42 Å². The lowest BCUT2D eigenvalue weighted by atomic mass is 9.99. The lowest BCUT2D eigenvalue weighted by Crippen LogP contribution is -2.11. The molecule has 0 aliphatic heterocycles. The molecule has 226 valence electrons. The molecule has 0 aliphatic rings. The Balaban J connectivity index is 1.17. The van der Waals surface area contributed by atoms with E-state index in [1.54, 1.807) is 0 Å². The highest BCUT2D eigenvalue weighted by atomic mass is 16.3. The number of nitrogens with zero attached hydrogens (tertiary/aromatic N) is 1. The summed E-state index contributed by atoms with van der Waals surface area (Å²) < 4.78 is 6.43. The van der Waals surface area contributed by atoms with Crippen LogP contribution in [0.5, 0.6) is 0 Å². The number of benzene rings is 8. The number of fused-ring (bicyclic) bond motifs is 4. The molecule has 1 heterocycles. The number of hydrogen-bond acceptors (Lipinski definition) is 2. The summed E-state index contributed by atoms with van der Waals surface area (Å²) in [4.78, 5) is 2.35. The second kappa shape index (κ2) is 11.8. The van der Waals surface area contributed by atoms with Gasteiger partial charge in [0.1, 0.15) is 11.3 Å². The van der Waals surface area contributed by atoms with Crippen LogP contribution in [0.3, 0.4) is 0 Å². The topological polar surface area (TPSA) is 16.4 Å². The van der Waals surface area contributed by atoms with Gasteiger partial charge in [0.25, 0.3) is 0 Å². The molecule has 0 unspecified atom stereocenters. The molecular formula is C46H31NO. The maximum absolute atomic E-state index is 6.43. The first-order valence-electron chi connectivity index (χ1n) is 16.3. The first-order valence-corrected chi connectivity index (χ1v) is 16.3. The maximum atomic E-state index is 6.43. The highest BCUT2D eigenvalue weighted by Crippen LogP contribution is 2.43. The van der Waals surface area contributed by atoms with Gasteiger partial charge in [0, 0.05) is 22.3 Å². The van der Waals surface area contributed by atoms with E-state index in [1.165, 1.54) is 43.8 Å². The molecule has 2 nitrogen and oxygen atoms in total. The number of anilines is 3. The van der Waals surface area contributed by atoms with E-state index in [0.717, 1.165) is 39.4 Å². The third-order valence-electron chi connectivity index (χ3n) is 9.27. The number of rotatable bonds is 6. The third kappa shape index (κ3) is 5.01. The number of furan rings is 1.